The summed E-state index contributed by atoms with van der Waals surface area (Å²) in [6.07, 6.45) is -7.70. The molecule has 1 aromatic rings. The van der Waals surface area contributed by atoms with Gasteiger partial charge in [-0.3, -0.25) is 4.79 Å². The molecule has 0 saturated carbocycles. The maximum atomic E-state index is 12.3. The highest BCUT2D eigenvalue weighted by molar-refractivity contribution is 5.94. The number of carbonyl (C=O) groups is 1. The van der Waals surface area contributed by atoms with Crippen molar-refractivity contribution in [3.8, 4) is 0 Å². The average Bonchev–Trinajstić information content (AvgIpc) is 2.30. The summed E-state index contributed by atoms with van der Waals surface area (Å²) in [4.78, 5) is 11.6. The van der Waals surface area contributed by atoms with Gasteiger partial charge < -0.3 is 15.8 Å². The van der Waals surface area contributed by atoms with Crippen molar-refractivity contribution in [3.05, 3.63) is 24.3 Å². The summed E-state index contributed by atoms with van der Waals surface area (Å²) in [6, 6.07) is 6.24. The second-order valence-electron chi connectivity index (χ2n) is 4.07. The summed E-state index contributed by atoms with van der Waals surface area (Å²) in [6.45, 7) is 2.11. The number of nitrogen functional groups attached to an aromatic ring is 1. The van der Waals surface area contributed by atoms with Crippen LogP contribution in [0.25, 0.3) is 0 Å². The average molecular weight is 276 g/mol. The molecule has 0 aliphatic rings. The molecule has 0 aliphatic carbocycles. The van der Waals surface area contributed by atoms with Crippen LogP contribution in [0.3, 0.4) is 0 Å². The summed E-state index contributed by atoms with van der Waals surface area (Å²) >= 11 is 0. The van der Waals surface area contributed by atoms with E-state index in [4.69, 9.17) is 5.73 Å². The highest BCUT2D eigenvalue weighted by atomic mass is 19.4. The molecule has 0 saturated heterocycles. The smallest absolute Gasteiger partial charge is 0.399 e. The monoisotopic (exact) mass is 276 g/mol. The number of nitrogens with two attached hydrogens (primary N) is 1. The molecule has 0 fully saturated rings. The second kappa shape index (κ2) is 5.92. The van der Waals surface area contributed by atoms with Gasteiger partial charge in [-0.1, -0.05) is 0 Å². The standard InChI is InChI=1S/C12H15F3N2O2/c1-7(19-8(2)12(13,14)15)11(18)17-10-5-3-9(16)4-6-10/h3-8H,16H2,1-2H3,(H,17,18). The van der Waals surface area contributed by atoms with Gasteiger partial charge in [0.25, 0.3) is 5.91 Å². The Morgan fingerprint density at radius 3 is 2.26 bits per heavy atom. The molecule has 106 valence electrons. The molecule has 1 rings (SSSR count). The van der Waals surface area contributed by atoms with Gasteiger partial charge in [-0.25, -0.2) is 0 Å². The van der Waals surface area contributed by atoms with E-state index < -0.39 is 24.3 Å². The highest BCUT2D eigenvalue weighted by Crippen LogP contribution is 2.23. The van der Waals surface area contributed by atoms with Gasteiger partial charge in [0.15, 0.2) is 6.10 Å². The molecule has 7 heteroatoms. The van der Waals surface area contributed by atoms with E-state index in [1.54, 1.807) is 24.3 Å². The minimum absolute atomic E-state index is 0.439. The van der Waals surface area contributed by atoms with Crippen LogP contribution >= 0.6 is 0 Å². The minimum Gasteiger partial charge on any atom is -0.399 e. The Morgan fingerprint density at radius 2 is 1.79 bits per heavy atom. The molecule has 1 aromatic carbocycles. The lowest BCUT2D eigenvalue weighted by molar-refractivity contribution is -0.223. The maximum Gasteiger partial charge on any atom is 0.414 e. The first-order valence-electron chi connectivity index (χ1n) is 5.58. The van der Waals surface area contributed by atoms with Crippen LogP contribution < -0.4 is 11.1 Å². The second-order valence-corrected chi connectivity index (χ2v) is 4.07. The summed E-state index contributed by atoms with van der Waals surface area (Å²) in [5.41, 5.74) is 6.43. The van der Waals surface area contributed by atoms with Crippen LogP contribution in [0.2, 0.25) is 0 Å². The Balaban J connectivity index is 2.56. The van der Waals surface area contributed by atoms with E-state index in [-0.39, 0.29) is 0 Å². The van der Waals surface area contributed by atoms with Crippen molar-refractivity contribution in [1.29, 1.82) is 0 Å². The van der Waals surface area contributed by atoms with Gasteiger partial charge >= 0.3 is 6.18 Å². The number of anilines is 2. The van der Waals surface area contributed by atoms with Crippen molar-refractivity contribution < 1.29 is 22.7 Å². The molecule has 0 aromatic heterocycles. The third-order valence-corrected chi connectivity index (χ3v) is 2.42. The van der Waals surface area contributed by atoms with E-state index in [2.05, 4.69) is 10.1 Å². The molecule has 0 radical (unpaired) electrons. The predicted molar refractivity (Wildman–Crippen MR) is 65.5 cm³/mol. The SMILES string of the molecule is CC(OC(C)C(F)(F)F)C(=O)Nc1ccc(N)cc1. The van der Waals surface area contributed by atoms with Crippen LogP contribution in [0.4, 0.5) is 24.5 Å². The molecule has 2 unspecified atom stereocenters. The first-order valence-corrected chi connectivity index (χ1v) is 5.58. The number of benzene rings is 1. The fraction of sp³-hybridized carbons (Fsp3) is 0.417. The van der Waals surface area contributed by atoms with E-state index in [0.717, 1.165) is 6.92 Å². The summed E-state index contributed by atoms with van der Waals surface area (Å²) < 4.78 is 41.4. The first-order chi connectivity index (χ1) is 8.70. The van der Waals surface area contributed by atoms with Gasteiger partial charge in [-0.2, -0.15) is 13.2 Å². The van der Waals surface area contributed by atoms with Gasteiger partial charge in [0.05, 0.1) is 0 Å². The van der Waals surface area contributed by atoms with Crippen molar-refractivity contribution in [2.45, 2.75) is 32.2 Å². The Bertz CT molecular complexity index is 432. The zero-order valence-electron chi connectivity index (χ0n) is 10.5. The maximum absolute atomic E-state index is 12.3. The fourth-order valence-electron chi connectivity index (χ4n) is 1.26. The van der Waals surface area contributed by atoms with Crippen molar-refractivity contribution in [1.82, 2.24) is 0 Å². The van der Waals surface area contributed by atoms with Crippen LogP contribution in [-0.2, 0) is 9.53 Å². The molecular formula is C12H15F3N2O2. The molecule has 2 atom stereocenters. The van der Waals surface area contributed by atoms with Crippen molar-refractivity contribution in [2.24, 2.45) is 0 Å². The predicted octanol–water partition coefficient (Wildman–Crippen LogP) is 2.56. The molecule has 4 nitrogen and oxygen atoms in total. The molecule has 0 heterocycles. The van der Waals surface area contributed by atoms with Crippen LogP contribution in [0.5, 0.6) is 0 Å². The van der Waals surface area contributed by atoms with E-state index in [1.807, 2.05) is 0 Å². The third kappa shape index (κ3) is 4.78. The van der Waals surface area contributed by atoms with Gasteiger partial charge in [0, 0.05) is 11.4 Å². The Labute approximate surface area is 108 Å². The number of carbonyl (C=O) groups excluding carboxylic acids is 1. The summed E-state index contributed by atoms with van der Waals surface area (Å²) in [5, 5.41) is 2.44. The first kappa shape index (κ1) is 15.3. The zero-order chi connectivity index (χ0) is 14.6. The minimum atomic E-state index is -4.49. The topological polar surface area (TPSA) is 64.3 Å². The Kier molecular flexibility index (Phi) is 4.77. The number of alkyl halides is 3. The number of hydrogen-bond donors (Lipinski definition) is 2. The van der Waals surface area contributed by atoms with E-state index in [0.29, 0.717) is 11.4 Å². The fourth-order valence-corrected chi connectivity index (χ4v) is 1.26. The number of rotatable bonds is 4. The quantitative estimate of drug-likeness (QED) is 0.831. The summed E-state index contributed by atoms with van der Waals surface area (Å²) in [7, 11) is 0. The summed E-state index contributed by atoms with van der Waals surface area (Å²) in [5.74, 6) is -0.652. The van der Waals surface area contributed by atoms with Crippen LogP contribution in [-0.4, -0.2) is 24.3 Å². The van der Waals surface area contributed by atoms with Crippen molar-refractivity contribution >= 4 is 17.3 Å². The molecule has 1 amide bonds. The molecule has 0 aliphatic heterocycles. The van der Waals surface area contributed by atoms with Crippen molar-refractivity contribution in [3.63, 3.8) is 0 Å². The van der Waals surface area contributed by atoms with Gasteiger partial charge in [0.2, 0.25) is 0 Å². The third-order valence-electron chi connectivity index (χ3n) is 2.42. The molecule has 3 N–H and O–H groups in total. The molecule has 0 bridgehead atoms. The molecule has 0 spiro atoms. The van der Waals surface area contributed by atoms with Gasteiger partial charge in [-0.15, -0.1) is 0 Å². The highest BCUT2D eigenvalue weighted by Gasteiger charge is 2.38. The van der Waals surface area contributed by atoms with E-state index in [1.165, 1.54) is 6.92 Å². The lowest BCUT2D eigenvalue weighted by atomic mass is 10.2. The van der Waals surface area contributed by atoms with Gasteiger partial charge in [-0.05, 0) is 38.1 Å². The normalized spacial score (nSPS) is 14.8. The number of amides is 1. The van der Waals surface area contributed by atoms with Gasteiger partial charge in [0.1, 0.15) is 6.10 Å². The molecular weight excluding hydrogens is 261 g/mol. The zero-order valence-corrected chi connectivity index (χ0v) is 10.5. The lowest BCUT2D eigenvalue weighted by Crippen LogP contribution is -2.37. The van der Waals surface area contributed by atoms with Crippen LogP contribution in [0.1, 0.15) is 13.8 Å². The van der Waals surface area contributed by atoms with Crippen molar-refractivity contribution in [2.75, 3.05) is 11.1 Å². The van der Waals surface area contributed by atoms with Crippen LogP contribution in [0.15, 0.2) is 24.3 Å². The molecule has 19 heavy (non-hydrogen) atoms. The largest absolute Gasteiger partial charge is 0.414 e. The Morgan fingerprint density at radius 1 is 1.26 bits per heavy atom. The number of hydrogen-bond acceptors (Lipinski definition) is 3. The van der Waals surface area contributed by atoms with E-state index in [9.17, 15) is 18.0 Å². The number of halogens is 3. The van der Waals surface area contributed by atoms with Crippen LogP contribution in [0, 0.1) is 0 Å². The number of ether oxygens (including phenoxy) is 1. The Hall–Kier alpha value is -1.76. The number of nitrogens with one attached hydrogen (secondary N) is 1. The van der Waals surface area contributed by atoms with E-state index >= 15 is 0 Å². The lowest BCUT2D eigenvalue weighted by Gasteiger charge is -2.20.